The zero-order chi connectivity index (χ0) is 25.0. The zero-order valence-electron chi connectivity index (χ0n) is 19.9. The van der Waals surface area contributed by atoms with E-state index in [0.717, 1.165) is 30.6 Å². The molecule has 0 aliphatic carbocycles. The van der Waals surface area contributed by atoms with Gasteiger partial charge in [-0.15, -0.1) is 0 Å². The smallest absolute Gasteiger partial charge is 0.255 e. The number of amides is 3. The molecule has 2 aromatic rings. The predicted octanol–water partition coefficient (Wildman–Crippen LogP) is 3.61. The minimum atomic E-state index is -0.909. The van der Waals surface area contributed by atoms with Crippen LogP contribution in [0, 0.1) is 0 Å². The second-order valence-electron chi connectivity index (χ2n) is 8.26. The molecule has 0 spiro atoms. The van der Waals surface area contributed by atoms with Gasteiger partial charge in [0, 0.05) is 24.5 Å². The fraction of sp³-hybridized carbons (Fsp3) is 0.423. The molecule has 1 aliphatic rings. The molecule has 3 rings (SSSR count). The lowest BCUT2D eigenvalue weighted by Gasteiger charge is -2.19. The first-order valence-corrected chi connectivity index (χ1v) is 12.3. The summed E-state index contributed by atoms with van der Waals surface area (Å²) in [5.74, 6) is 0.137. The molecule has 0 bridgehead atoms. The number of rotatable bonds is 5. The number of carbonyl (C=O) groups excluding carboxylic acids is 3. The minimum Gasteiger partial charge on any atom is -0.494 e. The molecule has 2 aromatic carbocycles. The Bertz CT molecular complexity index is 1010. The van der Waals surface area contributed by atoms with Gasteiger partial charge in [0.25, 0.3) is 5.91 Å². The highest BCUT2D eigenvalue weighted by molar-refractivity contribution is 6.31. The van der Waals surface area contributed by atoms with Crippen molar-refractivity contribution in [1.29, 1.82) is 0 Å². The average Bonchev–Trinajstić information content (AvgIpc) is 2.86. The molecule has 1 aliphatic heterocycles. The number of fused-ring (bicyclic) bond motifs is 1. The van der Waals surface area contributed by atoms with Crippen molar-refractivity contribution in [1.82, 2.24) is 16.0 Å². The van der Waals surface area contributed by atoms with Crippen LogP contribution in [0.1, 0.15) is 54.9 Å². The Morgan fingerprint density at radius 2 is 1.94 bits per heavy atom. The van der Waals surface area contributed by atoms with E-state index >= 15 is 0 Å². The van der Waals surface area contributed by atoms with Crippen LogP contribution >= 0.6 is 11.6 Å². The Hall–Kier alpha value is -3.26. The lowest BCUT2D eigenvalue weighted by atomic mass is 10.1. The summed E-state index contributed by atoms with van der Waals surface area (Å²) in [6.07, 6.45) is 2.76. The third-order valence-electron chi connectivity index (χ3n) is 5.57. The van der Waals surface area contributed by atoms with Crippen LogP contribution < -0.4 is 25.4 Å². The summed E-state index contributed by atoms with van der Waals surface area (Å²) in [6.45, 7) is 3.75. The molecule has 188 valence electrons. The number of nitrogens with one attached hydrogen (secondary N) is 3. The molecule has 0 aromatic heterocycles. The Morgan fingerprint density at radius 3 is 2.71 bits per heavy atom. The lowest BCUT2D eigenvalue weighted by Crippen LogP contribution is -2.47. The molecule has 0 saturated heterocycles. The Morgan fingerprint density at radius 1 is 1.14 bits per heavy atom. The van der Waals surface area contributed by atoms with Crippen molar-refractivity contribution < 1.29 is 23.9 Å². The highest BCUT2D eigenvalue weighted by atomic mass is 35.5. The first-order chi connectivity index (χ1) is 17.0. The van der Waals surface area contributed by atoms with Crippen molar-refractivity contribution >= 4 is 29.3 Å². The fourth-order valence-electron chi connectivity index (χ4n) is 3.67. The molecular formula is C26H32ClN3O5. The van der Waals surface area contributed by atoms with Gasteiger partial charge in [-0.05, 0) is 68.5 Å². The largest absolute Gasteiger partial charge is 0.494 e. The number of hydrogen-bond acceptors (Lipinski definition) is 5. The molecule has 1 atom stereocenters. The van der Waals surface area contributed by atoms with Gasteiger partial charge in [-0.2, -0.15) is 0 Å². The van der Waals surface area contributed by atoms with E-state index < -0.39 is 11.9 Å². The van der Waals surface area contributed by atoms with E-state index in [0.29, 0.717) is 30.5 Å². The molecule has 1 heterocycles. The maximum atomic E-state index is 13.1. The number of ether oxygens (including phenoxy) is 2. The van der Waals surface area contributed by atoms with E-state index in [9.17, 15) is 14.4 Å². The molecule has 0 unspecified atom stereocenters. The van der Waals surface area contributed by atoms with Crippen LogP contribution in [0.25, 0.3) is 0 Å². The van der Waals surface area contributed by atoms with E-state index in [2.05, 4.69) is 16.0 Å². The Kier molecular flexibility index (Phi) is 10.2. The summed E-state index contributed by atoms with van der Waals surface area (Å²) >= 11 is 6.13. The summed E-state index contributed by atoms with van der Waals surface area (Å²) < 4.78 is 11.3. The van der Waals surface area contributed by atoms with Crippen molar-refractivity contribution in [2.45, 2.75) is 51.6 Å². The normalized spacial score (nSPS) is 17.5. The molecule has 0 saturated carbocycles. The second kappa shape index (κ2) is 13.6. The average molecular weight is 502 g/mol. The Balaban J connectivity index is 1.73. The van der Waals surface area contributed by atoms with Crippen LogP contribution in [0.4, 0.5) is 0 Å². The maximum absolute atomic E-state index is 13.1. The van der Waals surface area contributed by atoms with Crippen LogP contribution in [0.5, 0.6) is 11.5 Å². The van der Waals surface area contributed by atoms with Gasteiger partial charge in [0.05, 0.1) is 18.8 Å². The van der Waals surface area contributed by atoms with Crippen LogP contribution in [0.2, 0.25) is 5.02 Å². The van der Waals surface area contributed by atoms with Crippen LogP contribution in [0.3, 0.4) is 0 Å². The molecule has 0 fully saturated rings. The summed E-state index contributed by atoms with van der Waals surface area (Å²) in [5, 5.41) is 8.87. The van der Waals surface area contributed by atoms with Crippen LogP contribution in [0.15, 0.2) is 42.5 Å². The van der Waals surface area contributed by atoms with Gasteiger partial charge < -0.3 is 25.4 Å². The summed E-state index contributed by atoms with van der Waals surface area (Å²) in [4.78, 5) is 38.4. The van der Waals surface area contributed by atoms with Crippen LogP contribution in [-0.4, -0.2) is 43.5 Å². The number of hydrogen-bond donors (Lipinski definition) is 3. The van der Waals surface area contributed by atoms with Crippen molar-refractivity contribution in [2.24, 2.45) is 0 Å². The number of halogens is 1. The van der Waals surface area contributed by atoms with E-state index in [4.69, 9.17) is 21.1 Å². The third kappa shape index (κ3) is 8.47. The van der Waals surface area contributed by atoms with Gasteiger partial charge in [-0.25, -0.2) is 0 Å². The molecule has 9 heteroatoms. The molecule has 0 radical (unpaired) electrons. The van der Waals surface area contributed by atoms with E-state index in [1.165, 1.54) is 6.07 Å². The van der Waals surface area contributed by atoms with E-state index in [1.54, 1.807) is 12.1 Å². The Labute approximate surface area is 210 Å². The van der Waals surface area contributed by atoms with E-state index in [-0.39, 0.29) is 36.8 Å². The molecule has 3 amide bonds. The van der Waals surface area contributed by atoms with Gasteiger partial charge in [0.1, 0.15) is 17.5 Å². The molecule has 3 N–H and O–H groups in total. The highest BCUT2D eigenvalue weighted by Crippen LogP contribution is 2.24. The monoisotopic (exact) mass is 501 g/mol. The number of benzene rings is 2. The molecular weight excluding hydrogens is 470 g/mol. The van der Waals surface area contributed by atoms with Gasteiger partial charge >= 0.3 is 0 Å². The zero-order valence-corrected chi connectivity index (χ0v) is 20.7. The lowest BCUT2D eigenvalue weighted by molar-refractivity contribution is -0.124. The number of carbonyl (C=O) groups is 3. The van der Waals surface area contributed by atoms with Crippen LogP contribution in [-0.2, 0) is 16.1 Å². The van der Waals surface area contributed by atoms with Gasteiger partial charge in [0.15, 0.2) is 0 Å². The quantitative estimate of drug-likeness (QED) is 0.580. The maximum Gasteiger partial charge on any atom is 0.255 e. The summed E-state index contributed by atoms with van der Waals surface area (Å²) in [6, 6.07) is 11.3. The fourth-order valence-corrected chi connectivity index (χ4v) is 3.84. The first-order valence-electron chi connectivity index (χ1n) is 12.0. The first kappa shape index (κ1) is 26.3. The van der Waals surface area contributed by atoms with Gasteiger partial charge in [-0.3, -0.25) is 14.4 Å². The predicted molar refractivity (Wildman–Crippen MR) is 134 cm³/mol. The molecule has 8 nitrogen and oxygen atoms in total. The SMILES string of the molecule is CCOc1ccc(CNC(=O)[C@@H]2CCC(=O)NCCCCCOc3ccc(Cl)cc3C(=O)N2)cc1. The third-order valence-corrected chi connectivity index (χ3v) is 5.81. The van der Waals surface area contributed by atoms with Crippen molar-refractivity contribution in [3.63, 3.8) is 0 Å². The van der Waals surface area contributed by atoms with Crippen molar-refractivity contribution in [3.05, 3.63) is 58.6 Å². The highest BCUT2D eigenvalue weighted by Gasteiger charge is 2.24. The van der Waals surface area contributed by atoms with Crippen molar-refractivity contribution in [3.8, 4) is 11.5 Å². The molecule has 35 heavy (non-hydrogen) atoms. The van der Waals surface area contributed by atoms with Crippen molar-refractivity contribution in [2.75, 3.05) is 19.8 Å². The van der Waals surface area contributed by atoms with E-state index in [1.807, 2.05) is 31.2 Å². The minimum absolute atomic E-state index is 0.111. The second-order valence-corrected chi connectivity index (χ2v) is 8.70. The summed E-state index contributed by atoms with van der Waals surface area (Å²) in [5.41, 5.74) is 1.13. The standard InChI is InChI=1S/C26H32ClN3O5/c1-2-34-20-9-6-18(7-10-20)17-29-26(33)22-11-13-24(31)28-14-4-3-5-15-35-23-12-8-19(27)16-21(23)25(32)30-22/h6-10,12,16,22H,2-5,11,13-15,17H2,1H3,(H,28,31)(H,29,33)(H,30,32)/t22-/m0/s1. The van der Waals surface area contributed by atoms with Gasteiger partial charge in [-0.1, -0.05) is 23.7 Å². The summed E-state index contributed by atoms with van der Waals surface area (Å²) in [7, 11) is 0. The van der Waals surface area contributed by atoms with Gasteiger partial charge in [0.2, 0.25) is 11.8 Å². The topological polar surface area (TPSA) is 106 Å².